The summed E-state index contributed by atoms with van der Waals surface area (Å²) in [5.74, 6) is 0. The van der Waals surface area contributed by atoms with E-state index < -0.39 is 0 Å². The van der Waals surface area contributed by atoms with Crippen molar-refractivity contribution in [3.63, 3.8) is 0 Å². The number of carbonyl (C=O) groups is 1. The molecule has 0 bridgehead atoms. The molecule has 1 fully saturated rings. The third kappa shape index (κ3) is 2.48. The highest BCUT2D eigenvalue weighted by molar-refractivity contribution is 8.15. The van der Waals surface area contributed by atoms with Crippen molar-refractivity contribution in [1.82, 2.24) is 4.90 Å². The molecule has 0 radical (unpaired) electrons. The monoisotopic (exact) mass is 279 g/mol. The van der Waals surface area contributed by atoms with E-state index in [4.69, 9.17) is 11.6 Å². The third-order valence-corrected chi connectivity index (χ3v) is 4.92. The third-order valence-electron chi connectivity index (χ3n) is 3.47. The second-order valence-electron chi connectivity index (χ2n) is 4.72. The highest BCUT2D eigenvalue weighted by Crippen LogP contribution is 2.34. The number of halogens is 1. The van der Waals surface area contributed by atoms with Gasteiger partial charge in [0.05, 0.1) is 0 Å². The zero-order valence-electron chi connectivity index (χ0n) is 9.93. The van der Waals surface area contributed by atoms with E-state index in [1.807, 2.05) is 24.3 Å². The Kier molecular flexibility index (Phi) is 3.46. The smallest absolute Gasteiger partial charge is 0.212 e. The fourth-order valence-electron chi connectivity index (χ4n) is 2.51. The van der Waals surface area contributed by atoms with Crippen LogP contribution >= 0.6 is 23.4 Å². The van der Waals surface area contributed by atoms with Crippen molar-refractivity contribution in [3.05, 3.63) is 46.5 Å². The molecule has 94 valence electrons. The van der Waals surface area contributed by atoms with Crippen LogP contribution in [-0.4, -0.2) is 28.4 Å². The van der Waals surface area contributed by atoms with E-state index in [-0.39, 0.29) is 5.12 Å². The molecule has 0 N–H and O–H groups in total. The van der Waals surface area contributed by atoms with E-state index in [9.17, 15) is 4.79 Å². The van der Waals surface area contributed by atoms with Gasteiger partial charge in [-0.05, 0) is 29.7 Å². The molecule has 0 aliphatic carbocycles. The van der Waals surface area contributed by atoms with Crippen molar-refractivity contribution in [2.24, 2.45) is 0 Å². The lowest BCUT2D eigenvalue weighted by molar-refractivity contribution is -0.106. The number of rotatable bonds is 2. The Labute approximate surface area is 116 Å². The summed E-state index contributed by atoms with van der Waals surface area (Å²) in [7, 11) is 0. The van der Waals surface area contributed by atoms with Gasteiger partial charge < -0.3 is 0 Å². The van der Waals surface area contributed by atoms with Gasteiger partial charge in [0, 0.05) is 29.9 Å². The normalized spacial score (nSPS) is 23.9. The SMILES string of the molecule is O=C1C=C2CCN(Cc3ccccc3Cl)CC2S1. The first-order chi connectivity index (χ1) is 8.72. The first-order valence-electron chi connectivity index (χ1n) is 6.09. The Morgan fingerprint density at radius 2 is 2.22 bits per heavy atom. The minimum Gasteiger partial charge on any atom is -0.297 e. The summed E-state index contributed by atoms with van der Waals surface area (Å²) in [5.41, 5.74) is 2.49. The Bertz CT molecular complexity index is 514. The summed E-state index contributed by atoms with van der Waals surface area (Å²) in [6.07, 6.45) is 2.83. The predicted molar refractivity (Wildman–Crippen MR) is 75.8 cm³/mol. The van der Waals surface area contributed by atoms with E-state index in [0.717, 1.165) is 31.1 Å². The van der Waals surface area contributed by atoms with Crippen molar-refractivity contribution in [2.45, 2.75) is 18.2 Å². The standard InChI is InChI=1S/C14H14ClNOS/c15-12-4-2-1-3-11(12)8-16-6-5-10-7-14(17)18-13(10)9-16/h1-4,7,13H,5-6,8-9H2. The van der Waals surface area contributed by atoms with Crippen LogP contribution in [0.2, 0.25) is 5.02 Å². The highest BCUT2D eigenvalue weighted by Gasteiger charge is 2.31. The molecule has 1 unspecified atom stereocenters. The maximum Gasteiger partial charge on any atom is 0.212 e. The molecular weight excluding hydrogens is 266 g/mol. The van der Waals surface area contributed by atoms with Crippen LogP contribution in [0.3, 0.4) is 0 Å². The number of carbonyl (C=O) groups excluding carboxylic acids is 1. The van der Waals surface area contributed by atoms with Gasteiger partial charge in [0.15, 0.2) is 0 Å². The van der Waals surface area contributed by atoms with Gasteiger partial charge in [-0.25, -0.2) is 0 Å². The second kappa shape index (κ2) is 5.08. The quantitative estimate of drug-likeness (QED) is 0.830. The first kappa shape index (κ1) is 12.3. The van der Waals surface area contributed by atoms with Gasteiger partial charge in [-0.3, -0.25) is 9.69 Å². The second-order valence-corrected chi connectivity index (χ2v) is 6.34. The highest BCUT2D eigenvalue weighted by atomic mass is 35.5. The van der Waals surface area contributed by atoms with Crippen LogP contribution in [0.25, 0.3) is 0 Å². The lowest BCUT2D eigenvalue weighted by atomic mass is 10.0. The van der Waals surface area contributed by atoms with Gasteiger partial charge in [0.25, 0.3) is 0 Å². The van der Waals surface area contributed by atoms with E-state index in [0.29, 0.717) is 5.25 Å². The first-order valence-corrected chi connectivity index (χ1v) is 7.35. The Balaban J connectivity index is 1.68. The van der Waals surface area contributed by atoms with Crippen LogP contribution in [0.1, 0.15) is 12.0 Å². The molecule has 1 atom stereocenters. The summed E-state index contributed by atoms with van der Waals surface area (Å²) in [5, 5.41) is 1.41. The fourth-order valence-corrected chi connectivity index (χ4v) is 3.82. The van der Waals surface area contributed by atoms with Crippen molar-refractivity contribution in [3.8, 4) is 0 Å². The molecule has 0 amide bonds. The van der Waals surface area contributed by atoms with Crippen LogP contribution in [0, 0.1) is 0 Å². The molecule has 2 heterocycles. The largest absolute Gasteiger partial charge is 0.297 e. The number of benzene rings is 1. The number of thioether (sulfide) groups is 1. The molecule has 0 spiro atoms. The van der Waals surface area contributed by atoms with Crippen molar-refractivity contribution in [2.75, 3.05) is 13.1 Å². The number of hydrogen-bond acceptors (Lipinski definition) is 3. The van der Waals surface area contributed by atoms with Gasteiger partial charge >= 0.3 is 0 Å². The van der Waals surface area contributed by atoms with Crippen LogP contribution in [0.4, 0.5) is 0 Å². The van der Waals surface area contributed by atoms with Gasteiger partial charge in [0.2, 0.25) is 5.12 Å². The molecule has 1 saturated heterocycles. The summed E-state index contributed by atoms with van der Waals surface area (Å²) < 4.78 is 0. The van der Waals surface area contributed by atoms with Crippen LogP contribution in [-0.2, 0) is 11.3 Å². The molecule has 2 aliphatic rings. The summed E-state index contributed by atoms with van der Waals surface area (Å²) in [6, 6.07) is 7.97. The van der Waals surface area contributed by atoms with Gasteiger partial charge in [0.1, 0.15) is 0 Å². The molecule has 1 aromatic carbocycles. The number of nitrogens with zero attached hydrogens (tertiary/aromatic N) is 1. The minimum atomic E-state index is 0.217. The maximum atomic E-state index is 11.4. The average Bonchev–Trinajstić information content (AvgIpc) is 2.71. The fraction of sp³-hybridized carbons (Fsp3) is 0.357. The van der Waals surface area contributed by atoms with Crippen LogP contribution < -0.4 is 0 Å². The molecule has 3 rings (SSSR count). The van der Waals surface area contributed by atoms with Gasteiger partial charge in [-0.2, -0.15) is 0 Å². The summed E-state index contributed by atoms with van der Waals surface area (Å²) in [4.78, 5) is 13.8. The predicted octanol–water partition coefficient (Wildman–Crippen LogP) is 3.11. The molecule has 2 aliphatic heterocycles. The molecular formula is C14H14ClNOS. The van der Waals surface area contributed by atoms with E-state index in [1.54, 1.807) is 0 Å². The molecule has 2 nitrogen and oxygen atoms in total. The summed E-state index contributed by atoms with van der Waals surface area (Å²) >= 11 is 7.64. The van der Waals surface area contributed by atoms with E-state index >= 15 is 0 Å². The molecule has 0 saturated carbocycles. The minimum absolute atomic E-state index is 0.217. The maximum absolute atomic E-state index is 11.4. The molecule has 1 aromatic rings. The molecule has 4 heteroatoms. The van der Waals surface area contributed by atoms with Crippen molar-refractivity contribution < 1.29 is 4.79 Å². The number of likely N-dealkylation sites (tertiary alicyclic amines) is 1. The Morgan fingerprint density at radius 3 is 3.06 bits per heavy atom. The number of piperidine rings is 1. The van der Waals surface area contributed by atoms with E-state index in [1.165, 1.54) is 22.9 Å². The Morgan fingerprint density at radius 1 is 1.39 bits per heavy atom. The van der Waals surface area contributed by atoms with Crippen molar-refractivity contribution in [1.29, 1.82) is 0 Å². The molecule has 0 aromatic heterocycles. The van der Waals surface area contributed by atoms with Crippen LogP contribution in [0.5, 0.6) is 0 Å². The van der Waals surface area contributed by atoms with Gasteiger partial charge in [-0.15, -0.1) is 0 Å². The lowest BCUT2D eigenvalue weighted by Crippen LogP contribution is -2.36. The average molecular weight is 280 g/mol. The van der Waals surface area contributed by atoms with E-state index in [2.05, 4.69) is 11.0 Å². The Hall–Kier alpha value is -0.770. The lowest BCUT2D eigenvalue weighted by Gasteiger charge is -2.31. The van der Waals surface area contributed by atoms with Crippen molar-refractivity contribution >= 4 is 28.5 Å². The van der Waals surface area contributed by atoms with Gasteiger partial charge in [-0.1, -0.05) is 41.6 Å². The summed E-state index contributed by atoms with van der Waals surface area (Å²) in [6.45, 7) is 2.84. The zero-order chi connectivity index (χ0) is 12.5. The van der Waals surface area contributed by atoms with Crippen LogP contribution in [0.15, 0.2) is 35.9 Å². The zero-order valence-corrected chi connectivity index (χ0v) is 11.5. The number of hydrogen-bond donors (Lipinski definition) is 0. The molecule has 18 heavy (non-hydrogen) atoms. The topological polar surface area (TPSA) is 20.3 Å². The number of fused-ring (bicyclic) bond motifs is 1.